The molecular weight excluding hydrogens is 338 g/mol. The minimum atomic E-state index is -3.49. The highest BCUT2D eigenvalue weighted by atomic mass is 79.9. The van der Waals surface area contributed by atoms with Crippen LogP contribution in [-0.4, -0.2) is 25.7 Å². The monoisotopic (exact) mass is 353 g/mol. The lowest BCUT2D eigenvalue weighted by Crippen LogP contribution is -2.60. The molecule has 0 aliphatic heterocycles. The Morgan fingerprint density at radius 1 is 1.56 bits per heavy atom. The average molecular weight is 354 g/mol. The fourth-order valence-electron chi connectivity index (χ4n) is 1.91. The second-order valence-electron chi connectivity index (χ2n) is 5.27. The average Bonchev–Trinajstić information content (AvgIpc) is 2.59. The van der Waals surface area contributed by atoms with Crippen molar-refractivity contribution in [3.05, 3.63) is 15.4 Å². The van der Waals surface area contributed by atoms with Gasteiger partial charge in [0.25, 0.3) is 0 Å². The fourth-order valence-corrected chi connectivity index (χ4v) is 5.56. The van der Waals surface area contributed by atoms with Gasteiger partial charge in [-0.1, -0.05) is 13.8 Å². The van der Waals surface area contributed by atoms with Gasteiger partial charge in [0.1, 0.15) is 4.21 Å². The van der Waals surface area contributed by atoms with Crippen molar-refractivity contribution in [3.63, 3.8) is 0 Å². The molecule has 1 aromatic heterocycles. The van der Waals surface area contributed by atoms with Crippen LogP contribution in [0.25, 0.3) is 0 Å². The van der Waals surface area contributed by atoms with Gasteiger partial charge in [-0.25, -0.2) is 13.1 Å². The largest absolute Gasteiger partial charge is 0.392 e. The van der Waals surface area contributed by atoms with E-state index in [4.69, 9.17) is 0 Å². The van der Waals surface area contributed by atoms with Crippen molar-refractivity contribution in [2.45, 2.75) is 43.5 Å². The summed E-state index contributed by atoms with van der Waals surface area (Å²) < 4.78 is 28.2. The van der Waals surface area contributed by atoms with Crippen LogP contribution in [0.15, 0.2) is 14.1 Å². The zero-order valence-electron chi connectivity index (χ0n) is 10.4. The van der Waals surface area contributed by atoms with Gasteiger partial charge >= 0.3 is 0 Å². The fraction of sp³-hybridized carbons (Fsp3) is 0.636. The molecule has 0 radical (unpaired) electrons. The molecule has 4 nitrogen and oxygen atoms in total. The zero-order chi connectivity index (χ0) is 13.7. The minimum absolute atomic E-state index is 0.210. The minimum Gasteiger partial charge on any atom is -0.392 e. The van der Waals surface area contributed by atoms with Crippen molar-refractivity contribution in [1.82, 2.24) is 4.72 Å². The van der Waals surface area contributed by atoms with E-state index in [1.807, 2.05) is 20.8 Å². The zero-order valence-corrected chi connectivity index (χ0v) is 13.6. The highest BCUT2D eigenvalue weighted by molar-refractivity contribution is 9.11. The topological polar surface area (TPSA) is 66.4 Å². The van der Waals surface area contributed by atoms with E-state index in [-0.39, 0.29) is 6.04 Å². The summed E-state index contributed by atoms with van der Waals surface area (Å²) in [7, 11) is -3.49. The summed E-state index contributed by atoms with van der Waals surface area (Å²) in [6, 6.07) is 1.44. The third-order valence-corrected chi connectivity index (χ3v) is 7.69. The van der Waals surface area contributed by atoms with Crippen molar-refractivity contribution in [2.75, 3.05) is 0 Å². The third-order valence-electron chi connectivity index (χ3n) is 3.61. The van der Waals surface area contributed by atoms with Crippen LogP contribution in [-0.2, 0) is 10.0 Å². The molecule has 0 bridgehead atoms. The van der Waals surface area contributed by atoms with Gasteiger partial charge in [-0.05, 0) is 40.9 Å². The summed E-state index contributed by atoms with van der Waals surface area (Å²) in [6.07, 6.45) is 0.0274. The quantitative estimate of drug-likeness (QED) is 0.875. The number of halogens is 1. The predicted molar refractivity (Wildman–Crippen MR) is 75.3 cm³/mol. The van der Waals surface area contributed by atoms with Crippen molar-refractivity contribution in [3.8, 4) is 0 Å². The van der Waals surface area contributed by atoms with Crippen molar-refractivity contribution < 1.29 is 13.5 Å². The number of aliphatic hydroxyl groups is 1. The molecule has 102 valence electrons. The van der Waals surface area contributed by atoms with E-state index in [0.29, 0.717) is 10.6 Å². The highest BCUT2D eigenvalue weighted by Gasteiger charge is 2.49. The summed E-state index contributed by atoms with van der Waals surface area (Å²) in [4.78, 5) is 0. The maximum Gasteiger partial charge on any atom is 0.250 e. The Balaban J connectivity index is 2.19. The van der Waals surface area contributed by atoms with Gasteiger partial charge in [0.2, 0.25) is 10.0 Å². The molecule has 2 atom stereocenters. The van der Waals surface area contributed by atoms with E-state index in [2.05, 4.69) is 20.7 Å². The van der Waals surface area contributed by atoms with Crippen LogP contribution in [0, 0.1) is 12.3 Å². The van der Waals surface area contributed by atoms with Crippen molar-refractivity contribution in [1.29, 1.82) is 0 Å². The van der Waals surface area contributed by atoms with Gasteiger partial charge in [0.15, 0.2) is 0 Å². The lowest BCUT2D eigenvalue weighted by atomic mass is 9.65. The maximum absolute atomic E-state index is 12.2. The Labute approximate surface area is 120 Å². The summed E-state index contributed by atoms with van der Waals surface area (Å²) in [5, 5.41) is 9.62. The maximum atomic E-state index is 12.2. The van der Waals surface area contributed by atoms with Gasteiger partial charge in [-0.2, -0.15) is 0 Å². The van der Waals surface area contributed by atoms with Crippen LogP contribution >= 0.6 is 27.3 Å². The van der Waals surface area contributed by atoms with Crippen molar-refractivity contribution >= 4 is 37.3 Å². The smallest absolute Gasteiger partial charge is 0.250 e. The molecule has 1 aliphatic rings. The Morgan fingerprint density at radius 3 is 2.56 bits per heavy atom. The number of hydrogen-bond acceptors (Lipinski definition) is 4. The second kappa shape index (κ2) is 4.56. The molecular formula is C11H16BrNO3S2. The summed E-state index contributed by atoms with van der Waals surface area (Å²) in [5.41, 5.74) is 0.504. The van der Waals surface area contributed by atoms with Gasteiger partial charge in [0.05, 0.1) is 9.89 Å². The van der Waals surface area contributed by atoms with Gasteiger partial charge < -0.3 is 5.11 Å². The first-order valence-electron chi connectivity index (χ1n) is 5.61. The molecule has 0 saturated heterocycles. The predicted octanol–water partition coefficient (Wildman–Crippen LogP) is 2.26. The van der Waals surface area contributed by atoms with E-state index >= 15 is 0 Å². The molecule has 0 aromatic carbocycles. The van der Waals surface area contributed by atoms with E-state index in [0.717, 1.165) is 9.35 Å². The summed E-state index contributed by atoms with van der Waals surface area (Å²) in [5.74, 6) is 0. The first-order valence-corrected chi connectivity index (χ1v) is 8.70. The second-order valence-corrected chi connectivity index (χ2v) is 9.58. The Bertz CT molecular complexity index is 545. The number of sulfonamides is 1. The van der Waals surface area contributed by atoms with E-state index in [1.165, 1.54) is 11.3 Å². The van der Waals surface area contributed by atoms with E-state index in [9.17, 15) is 13.5 Å². The lowest BCUT2D eigenvalue weighted by molar-refractivity contribution is -0.0645. The number of aliphatic hydroxyl groups excluding tert-OH is 1. The van der Waals surface area contributed by atoms with Gasteiger partial charge in [0, 0.05) is 11.5 Å². The number of thiophene rings is 1. The molecule has 7 heteroatoms. The normalized spacial score (nSPS) is 26.9. The van der Waals surface area contributed by atoms with Crippen LogP contribution in [0.5, 0.6) is 0 Å². The van der Waals surface area contributed by atoms with E-state index < -0.39 is 21.5 Å². The number of hydrogen-bond donors (Lipinski definition) is 2. The molecule has 18 heavy (non-hydrogen) atoms. The number of rotatable bonds is 3. The molecule has 1 heterocycles. The standard InChI is InChI=1S/C11H16BrNO3S2/c1-6-4-9(17-10(6)12)18(15,16)13-7-5-8(14)11(7,2)3/h4,7-8,13-14H,5H2,1-3H3. The van der Waals surface area contributed by atoms with Gasteiger partial charge in [-0.3, -0.25) is 0 Å². The highest BCUT2D eigenvalue weighted by Crippen LogP contribution is 2.41. The molecule has 1 aromatic rings. The lowest BCUT2D eigenvalue weighted by Gasteiger charge is -2.49. The van der Waals surface area contributed by atoms with Gasteiger partial charge in [-0.15, -0.1) is 11.3 Å². The Hall–Kier alpha value is 0.0500. The first kappa shape index (κ1) is 14.5. The molecule has 2 unspecified atom stereocenters. The molecule has 0 amide bonds. The summed E-state index contributed by atoms with van der Waals surface area (Å²) in [6.45, 7) is 5.59. The molecule has 2 N–H and O–H groups in total. The Kier molecular flexibility index (Phi) is 3.66. The SMILES string of the molecule is Cc1cc(S(=O)(=O)NC2CC(O)C2(C)C)sc1Br. The molecule has 2 rings (SSSR count). The number of nitrogens with one attached hydrogen (secondary N) is 1. The molecule has 0 spiro atoms. The van der Waals surface area contributed by atoms with Crippen LogP contribution in [0.2, 0.25) is 0 Å². The Morgan fingerprint density at radius 2 is 2.17 bits per heavy atom. The molecule has 1 saturated carbocycles. The van der Waals surface area contributed by atoms with Crippen LogP contribution < -0.4 is 4.72 Å². The van der Waals surface area contributed by atoms with Crippen molar-refractivity contribution in [2.24, 2.45) is 5.41 Å². The first-order chi connectivity index (χ1) is 8.14. The summed E-state index contributed by atoms with van der Waals surface area (Å²) >= 11 is 4.53. The molecule has 1 aliphatic carbocycles. The van der Waals surface area contributed by atoms with Crippen LogP contribution in [0.1, 0.15) is 25.8 Å². The third kappa shape index (κ3) is 2.38. The van der Waals surface area contributed by atoms with Crippen LogP contribution in [0.3, 0.4) is 0 Å². The number of aryl methyl sites for hydroxylation is 1. The molecule has 1 fully saturated rings. The van der Waals surface area contributed by atoms with Crippen LogP contribution in [0.4, 0.5) is 0 Å². The van der Waals surface area contributed by atoms with E-state index in [1.54, 1.807) is 6.07 Å².